The summed E-state index contributed by atoms with van der Waals surface area (Å²) < 4.78 is 0. The maximum Gasteiger partial charge on any atom is 0.0313 e. The highest BCUT2D eigenvalue weighted by atomic mass is 15.2. The normalized spacial score (nSPS) is 22.2. The number of hydrogen-bond donors (Lipinski definition) is 1. The predicted octanol–water partition coefficient (Wildman–Crippen LogP) is 1.57. The van der Waals surface area contributed by atoms with Gasteiger partial charge in [0.1, 0.15) is 0 Å². The van der Waals surface area contributed by atoms with Crippen molar-refractivity contribution in [3.05, 3.63) is 29.6 Å². The zero-order chi connectivity index (χ0) is 11.4. The minimum Gasteiger partial charge on any atom is -0.316 e. The summed E-state index contributed by atoms with van der Waals surface area (Å²) in [5.74, 6) is 0. The molecule has 2 rings (SSSR count). The van der Waals surface area contributed by atoms with Crippen molar-refractivity contribution >= 4 is 0 Å². The molecule has 3 nitrogen and oxygen atoms in total. The second-order valence-electron chi connectivity index (χ2n) is 4.73. The van der Waals surface area contributed by atoms with Gasteiger partial charge in [-0.15, -0.1) is 0 Å². The first kappa shape index (κ1) is 11.6. The molecule has 1 N–H and O–H groups in total. The minimum atomic E-state index is 0.659. The Morgan fingerprint density at radius 2 is 2.38 bits per heavy atom. The van der Waals surface area contributed by atoms with Crippen LogP contribution < -0.4 is 5.32 Å². The summed E-state index contributed by atoms with van der Waals surface area (Å²) in [5.41, 5.74) is 2.58. The molecular formula is C13H21N3. The summed E-state index contributed by atoms with van der Waals surface area (Å²) in [6.45, 7) is 5.51. The highest BCUT2D eigenvalue weighted by molar-refractivity contribution is 5.16. The van der Waals surface area contributed by atoms with Gasteiger partial charge in [0.25, 0.3) is 0 Å². The Labute approximate surface area is 97.9 Å². The number of likely N-dealkylation sites (N-methyl/N-ethyl adjacent to an activating group) is 1. The van der Waals surface area contributed by atoms with Gasteiger partial charge in [0.05, 0.1) is 0 Å². The molecule has 88 valence electrons. The fraction of sp³-hybridized carbons (Fsp3) is 0.615. The lowest BCUT2D eigenvalue weighted by Crippen LogP contribution is -2.43. The third-order valence-corrected chi connectivity index (χ3v) is 3.25. The smallest absolute Gasteiger partial charge is 0.0313 e. The van der Waals surface area contributed by atoms with E-state index in [9.17, 15) is 0 Å². The fourth-order valence-electron chi connectivity index (χ4n) is 2.40. The lowest BCUT2D eigenvalue weighted by Gasteiger charge is -2.32. The van der Waals surface area contributed by atoms with E-state index in [-0.39, 0.29) is 0 Å². The van der Waals surface area contributed by atoms with Gasteiger partial charge in [0.2, 0.25) is 0 Å². The van der Waals surface area contributed by atoms with E-state index in [1.165, 1.54) is 30.5 Å². The third-order valence-electron chi connectivity index (χ3n) is 3.25. The zero-order valence-corrected chi connectivity index (χ0v) is 10.2. The molecular weight excluding hydrogens is 198 g/mol. The van der Waals surface area contributed by atoms with Crippen LogP contribution in [0.3, 0.4) is 0 Å². The number of nitrogens with one attached hydrogen (secondary N) is 1. The second-order valence-corrected chi connectivity index (χ2v) is 4.73. The number of aromatic nitrogens is 1. The molecule has 0 aromatic carbocycles. The maximum atomic E-state index is 4.25. The summed E-state index contributed by atoms with van der Waals surface area (Å²) in [7, 11) is 2.06. The number of piperidine rings is 1. The molecule has 1 aliphatic heterocycles. The number of likely N-dealkylation sites (tertiary alicyclic amines) is 1. The molecule has 1 aliphatic rings. The van der Waals surface area contributed by atoms with Crippen LogP contribution in [-0.4, -0.2) is 36.1 Å². The van der Waals surface area contributed by atoms with Crippen molar-refractivity contribution in [1.29, 1.82) is 0 Å². The standard InChI is InChI=1S/C13H21N3/c1-11-6-12(8-15-7-11)9-16-5-3-4-13(10-16)14-2/h6-8,13-14H,3-5,9-10H2,1-2H3. The number of pyridine rings is 1. The number of nitrogens with zero attached hydrogens (tertiary/aromatic N) is 2. The van der Waals surface area contributed by atoms with Crippen LogP contribution in [0.25, 0.3) is 0 Å². The molecule has 0 bridgehead atoms. The molecule has 1 aromatic rings. The molecule has 0 spiro atoms. The van der Waals surface area contributed by atoms with Gasteiger partial charge in [0, 0.05) is 31.5 Å². The van der Waals surface area contributed by atoms with Crippen molar-refractivity contribution in [2.24, 2.45) is 0 Å². The summed E-state index contributed by atoms with van der Waals surface area (Å²) in [6, 6.07) is 2.89. The van der Waals surface area contributed by atoms with Crippen LogP contribution in [0.1, 0.15) is 24.0 Å². The van der Waals surface area contributed by atoms with Gasteiger partial charge in [-0.25, -0.2) is 0 Å². The van der Waals surface area contributed by atoms with Gasteiger partial charge in [-0.1, -0.05) is 6.07 Å². The van der Waals surface area contributed by atoms with Crippen molar-refractivity contribution in [1.82, 2.24) is 15.2 Å². The first-order valence-electron chi connectivity index (χ1n) is 6.08. The van der Waals surface area contributed by atoms with Gasteiger partial charge in [0.15, 0.2) is 0 Å². The van der Waals surface area contributed by atoms with Gasteiger partial charge in [-0.2, -0.15) is 0 Å². The number of rotatable bonds is 3. The minimum absolute atomic E-state index is 0.659. The summed E-state index contributed by atoms with van der Waals surface area (Å²) in [5, 5.41) is 3.37. The Balaban J connectivity index is 1.94. The Morgan fingerprint density at radius 3 is 3.12 bits per heavy atom. The van der Waals surface area contributed by atoms with Crippen LogP contribution in [0.5, 0.6) is 0 Å². The Hall–Kier alpha value is -0.930. The quantitative estimate of drug-likeness (QED) is 0.836. The molecule has 1 unspecified atom stereocenters. The molecule has 16 heavy (non-hydrogen) atoms. The van der Waals surface area contributed by atoms with Crippen LogP contribution >= 0.6 is 0 Å². The molecule has 0 radical (unpaired) electrons. The van der Waals surface area contributed by atoms with Gasteiger partial charge in [-0.05, 0) is 44.5 Å². The van der Waals surface area contributed by atoms with Crippen molar-refractivity contribution < 1.29 is 0 Å². The highest BCUT2D eigenvalue weighted by Crippen LogP contribution is 2.13. The van der Waals surface area contributed by atoms with Gasteiger partial charge < -0.3 is 5.32 Å². The molecule has 1 atom stereocenters. The number of hydrogen-bond acceptors (Lipinski definition) is 3. The summed E-state index contributed by atoms with van der Waals surface area (Å²) in [4.78, 5) is 6.76. The van der Waals surface area contributed by atoms with E-state index in [0.717, 1.165) is 13.1 Å². The van der Waals surface area contributed by atoms with E-state index in [2.05, 4.69) is 35.2 Å². The van der Waals surface area contributed by atoms with Gasteiger partial charge in [-0.3, -0.25) is 9.88 Å². The second kappa shape index (κ2) is 5.41. The SMILES string of the molecule is CNC1CCCN(Cc2cncc(C)c2)C1. The molecule has 1 fully saturated rings. The topological polar surface area (TPSA) is 28.2 Å². The number of aryl methyl sites for hydroxylation is 1. The summed E-state index contributed by atoms with van der Waals surface area (Å²) >= 11 is 0. The monoisotopic (exact) mass is 219 g/mol. The highest BCUT2D eigenvalue weighted by Gasteiger charge is 2.18. The maximum absolute atomic E-state index is 4.25. The fourth-order valence-corrected chi connectivity index (χ4v) is 2.40. The Morgan fingerprint density at radius 1 is 1.50 bits per heavy atom. The molecule has 0 amide bonds. The average molecular weight is 219 g/mol. The van der Waals surface area contributed by atoms with E-state index >= 15 is 0 Å². The van der Waals surface area contributed by atoms with E-state index in [4.69, 9.17) is 0 Å². The Kier molecular flexibility index (Phi) is 3.91. The Bertz CT molecular complexity index is 338. The molecule has 2 heterocycles. The summed E-state index contributed by atoms with van der Waals surface area (Å²) in [6.07, 6.45) is 6.50. The first-order valence-corrected chi connectivity index (χ1v) is 6.08. The molecule has 1 aromatic heterocycles. The van der Waals surface area contributed by atoms with E-state index in [1.807, 2.05) is 12.4 Å². The molecule has 3 heteroatoms. The van der Waals surface area contributed by atoms with Crippen molar-refractivity contribution in [3.8, 4) is 0 Å². The van der Waals surface area contributed by atoms with Crippen LogP contribution in [0, 0.1) is 6.92 Å². The lowest BCUT2D eigenvalue weighted by molar-refractivity contribution is 0.188. The van der Waals surface area contributed by atoms with Crippen LogP contribution in [0.4, 0.5) is 0 Å². The van der Waals surface area contributed by atoms with Crippen LogP contribution in [-0.2, 0) is 6.54 Å². The van der Waals surface area contributed by atoms with E-state index < -0.39 is 0 Å². The first-order chi connectivity index (χ1) is 7.78. The largest absolute Gasteiger partial charge is 0.316 e. The molecule has 0 aliphatic carbocycles. The van der Waals surface area contributed by atoms with E-state index in [0.29, 0.717) is 6.04 Å². The van der Waals surface area contributed by atoms with Crippen molar-refractivity contribution in [3.63, 3.8) is 0 Å². The third kappa shape index (κ3) is 3.03. The van der Waals surface area contributed by atoms with Crippen LogP contribution in [0.2, 0.25) is 0 Å². The van der Waals surface area contributed by atoms with E-state index in [1.54, 1.807) is 0 Å². The lowest BCUT2D eigenvalue weighted by atomic mass is 10.1. The molecule has 1 saturated heterocycles. The van der Waals surface area contributed by atoms with Crippen LogP contribution in [0.15, 0.2) is 18.5 Å². The average Bonchev–Trinajstić information content (AvgIpc) is 2.29. The predicted molar refractivity (Wildman–Crippen MR) is 66.3 cm³/mol. The zero-order valence-electron chi connectivity index (χ0n) is 10.2. The van der Waals surface area contributed by atoms with Crippen molar-refractivity contribution in [2.75, 3.05) is 20.1 Å². The van der Waals surface area contributed by atoms with Gasteiger partial charge >= 0.3 is 0 Å². The molecule has 0 saturated carbocycles. The van der Waals surface area contributed by atoms with Crippen molar-refractivity contribution in [2.45, 2.75) is 32.4 Å².